The maximum atomic E-state index is 14.6. The van der Waals surface area contributed by atoms with Gasteiger partial charge in [0.15, 0.2) is 11.6 Å². The molecule has 0 fully saturated rings. The van der Waals surface area contributed by atoms with E-state index in [0.29, 0.717) is 18.2 Å². The van der Waals surface area contributed by atoms with Crippen molar-refractivity contribution in [1.29, 1.82) is 0 Å². The van der Waals surface area contributed by atoms with E-state index < -0.39 is 46.3 Å². The second kappa shape index (κ2) is 8.32. The van der Waals surface area contributed by atoms with Gasteiger partial charge in [-0.3, -0.25) is 9.59 Å². The van der Waals surface area contributed by atoms with E-state index in [4.69, 9.17) is 0 Å². The van der Waals surface area contributed by atoms with Crippen molar-refractivity contribution in [3.63, 3.8) is 0 Å². The summed E-state index contributed by atoms with van der Waals surface area (Å²) in [4.78, 5) is 24.3. The summed E-state index contributed by atoms with van der Waals surface area (Å²) in [5, 5.41) is 4.15. The van der Waals surface area contributed by atoms with Crippen LogP contribution in [0.4, 0.5) is 33.3 Å². The number of hydrogen-bond donors (Lipinski definition) is 2. The molecule has 3 aromatic carbocycles. The first-order chi connectivity index (χ1) is 14.2. The molecule has 0 heterocycles. The fourth-order valence-electron chi connectivity index (χ4n) is 2.54. The second-order valence-electron chi connectivity index (χ2n) is 6.17. The van der Waals surface area contributed by atoms with Gasteiger partial charge >= 0.3 is 5.92 Å². The Balaban J connectivity index is 1.85. The van der Waals surface area contributed by atoms with E-state index in [2.05, 4.69) is 5.32 Å². The van der Waals surface area contributed by atoms with E-state index in [-0.39, 0.29) is 11.4 Å². The minimum atomic E-state index is -4.29. The van der Waals surface area contributed by atoms with Crippen LogP contribution in [0.1, 0.15) is 15.9 Å². The molecular weight excluding hydrogens is 407 g/mol. The van der Waals surface area contributed by atoms with Crippen LogP contribution in [0.5, 0.6) is 0 Å². The van der Waals surface area contributed by atoms with Crippen molar-refractivity contribution >= 4 is 23.2 Å². The Morgan fingerprint density at radius 2 is 1.37 bits per heavy atom. The second-order valence-corrected chi connectivity index (χ2v) is 6.17. The van der Waals surface area contributed by atoms with Crippen molar-refractivity contribution in [3.8, 4) is 0 Å². The highest BCUT2D eigenvalue weighted by molar-refractivity contribution is 6.05. The molecule has 0 aromatic heterocycles. The molecule has 0 unspecified atom stereocenters. The van der Waals surface area contributed by atoms with Gasteiger partial charge in [0, 0.05) is 23.0 Å². The van der Waals surface area contributed by atoms with Crippen LogP contribution >= 0.6 is 0 Å². The van der Waals surface area contributed by atoms with E-state index >= 15 is 0 Å². The van der Waals surface area contributed by atoms with Gasteiger partial charge in [0.2, 0.25) is 0 Å². The van der Waals surface area contributed by atoms with Gasteiger partial charge in [0.25, 0.3) is 11.8 Å². The molecule has 3 rings (SSSR count). The van der Waals surface area contributed by atoms with Crippen LogP contribution in [-0.2, 0) is 10.7 Å². The molecule has 9 heteroatoms. The first-order valence-electron chi connectivity index (χ1n) is 8.49. The molecule has 0 saturated heterocycles. The van der Waals surface area contributed by atoms with Gasteiger partial charge in [-0.05, 0) is 42.5 Å². The molecular formula is C21H13F5N2O2. The SMILES string of the molecule is O=C(Nc1ccc(F)c(F)c1)c1ccc(F)c(C(F)(F)C(=O)Nc2ccccc2)c1. The lowest BCUT2D eigenvalue weighted by Crippen LogP contribution is -2.33. The van der Waals surface area contributed by atoms with Crippen LogP contribution < -0.4 is 10.6 Å². The number of anilines is 2. The Labute approximate surface area is 167 Å². The fraction of sp³-hybridized carbons (Fsp3) is 0.0476. The summed E-state index contributed by atoms with van der Waals surface area (Å²) in [6, 6.07) is 11.9. The monoisotopic (exact) mass is 420 g/mol. The zero-order valence-electron chi connectivity index (χ0n) is 15.1. The molecule has 154 valence electrons. The van der Waals surface area contributed by atoms with Crippen molar-refractivity contribution in [3.05, 3.63) is 95.3 Å². The summed E-state index contributed by atoms with van der Waals surface area (Å²) in [6.45, 7) is 0. The quantitative estimate of drug-likeness (QED) is 0.565. The molecule has 0 bridgehead atoms. The molecule has 0 atom stereocenters. The van der Waals surface area contributed by atoms with Crippen LogP contribution in [0.3, 0.4) is 0 Å². The molecule has 0 spiro atoms. The summed E-state index contributed by atoms with van der Waals surface area (Å²) in [6.07, 6.45) is 0. The molecule has 0 saturated carbocycles. The maximum Gasteiger partial charge on any atom is 0.352 e. The highest BCUT2D eigenvalue weighted by atomic mass is 19.3. The number of hydrogen-bond acceptors (Lipinski definition) is 2. The number of halogens is 5. The normalized spacial score (nSPS) is 11.1. The lowest BCUT2D eigenvalue weighted by atomic mass is 10.0. The number of nitrogens with one attached hydrogen (secondary N) is 2. The molecule has 0 aliphatic carbocycles. The Hall–Kier alpha value is -3.75. The standard InChI is InChI=1S/C21H13F5N2O2/c22-16-8-6-12(19(29)27-14-7-9-17(23)18(24)11-14)10-15(16)21(25,26)20(30)28-13-4-2-1-3-5-13/h1-11H,(H,27,29)(H,28,30). The number of amides is 2. The molecule has 30 heavy (non-hydrogen) atoms. The van der Waals surface area contributed by atoms with Crippen LogP contribution in [0.15, 0.2) is 66.7 Å². The molecule has 3 aromatic rings. The zero-order chi connectivity index (χ0) is 21.9. The van der Waals surface area contributed by atoms with Gasteiger partial charge < -0.3 is 10.6 Å². The molecule has 0 aliphatic rings. The smallest absolute Gasteiger partial charge is 0.322 e. The molecule has 4 nitrogen and oxygen atoms in total. The Morgan fingerprint density at radius 3 is 2.03 bits per heavy atom. The number of alkyl halides is 2. The summed E-state index contributed by atoms with van der Waals surface area (Å²) < 4.78 is 69.5. The number of para-hydroxylation sites is 1. The van der Waals surface area contributed by atoms with Gasteiger partial charge in [-0.2, -0.15) is 8.78 Å². The molecule has 2 amide bonds. The van der Waals surface area contributed by atoms with Crippen molar-refractivity contribution < 1.29 is 31.5 Å². The van der Waals surface area contributed by atoms with Gasteiger partial charge in [0.05, 0.1) is 5.56 Å². The first kappa shape index (κ1) is 21.0. The van der Waals surface area contributed by atoms with Crippen LogP contribution in [-0.4, -0.2) is 11.8 Å². The van der Waals surface area contributed by atoms with E-state index in [1.165, 1.54) is 24.3 Å². The highest BCUT2D eigenvalue weighted by Gasteiger charge is 2.43. The Bertz CT molecular complexity index is 1100. The lowest BCUT2D eigenvalue weighted by Gasteiger charge is -2.18. The average molecular weight is 420 g/mol. The molecule has 2 N–H and O–H groups in total. The van der Waals surface area contributed by atoms with Gasteiger partial charge in [0.1, 0.15) is 5.82 Å². The minimum Gasteiger partial charge on any atom is -0.322 e. The van der Waals surface area contributed by atoms with Gasteiger partial charge in [-0.1, -0.05) is 18.2 Å². The summed E-state index contributed by atoms with van der Waals surface area (Å²) >= 11 is 0. The van der Waals surface area contributed by atoms with E-state index in [1.54, 1.807) is 6.07 Å². The molecule has 0 radical (unpaired) electrons. The maximum absolute atomic E-state index is 14.6. The van der Waals surface area contributed by atoms with Gasteiger partial charge in [-0.15, -0.1) is 0 Å². The van der Waals surface area contributed by atoms with Crippen molar-refractivity contribution in [2.75, 3.05) is 10.6 Å². The van der Waals surface area contributed by atoms with Crippen molar-refractivity contribution in [1.82, 2.24) is 0 Å². The molecule has 0 aliphatic heterocycles. The predicted octanol–water partition coefficient (Wildman–Crippen LogP) is 5.09. The number of benzene rings is 3. The van der Waals surface area contributed by atoms with Crippen molar-refractivity contribution in [2.24, 2.45) is 0 Å². The first-order valence-corrected chi connectivity index (χ1v) is 8.49. The number of carbonyl (C=O) groups excluding carboxylic acids is 2. The summed E-state index contributed by atoms with van der Waals surface area (Å²) in [5.74, 6) is -10.8. The highest BCUT2D eigenvalue weighted by Crippen LogP contribution is 2.32. The number of rotatable bonds is 5. The fourth-order valence-corrected chi connectivity index (χ4v) is 2.54. The van der Waals surface area contributed by atoms with Crippen LogP contribution in [0, 0.1) is 17.5 Å². The minimum absolute atomic E-state index is 0.0785. The van der Waals surface area contributed by atoms with E-state index in [9.17, 15) is 31.5 Å². The average Bonchev–Trinajstić information content (AvgIpc) is 2.71. The topological polar surface area (TPSA) is 58.2 Å². The third kappa shape index (κ3) is 4.45. The Kier molecular flexibility index (Phi) is 5.81. The third-order valence-corrected chi connectivity index (χ3v) is 4.06. The zero-order valence-corrected chi connectivity index (χ0v) is 15.1. The summed E-state index contributed by atoms with van der Waals surface area (Å²) in [5.41, 5.74) is -1.79. The Morgan fingerprint density at radius 1 is 0.700 bits per heavy atom. The van der Waals surface area contributed by atoms with Gasteiger partial charge in [-0.25, -0.2) is 13.2 Å². The predicted molar refractivity (Wildman–Crippen MR) is 99.7 cm³/mol. The number of carbonyl (C=O) groups is 2. The summed E-state index contributed by atoms with van der Waals surface area (Å²) in [7, 11) is 0. The van der Waals surface area contributed by atoms with E-state index in [0.717, 1.165) is 18.2 Å². The third-order valence-electron chi connectivity index (χ3n) is 4.06. The van der Waals surface area contributed by atoms with Crippen LogP contribution in [0.25, 0.3) is 0 Å². The largest absolute Gasteiger partial charge is 0.352 e. The lowest BCUT2D eigenvalue weighted by molar-refractivity contribution is -0.141. The van der Waals surface area contributed by atoms with E-state index in [1.807, 2.05) is 5.32 Å². The van der Waals surface area contributed by atoms with Crippen LogP contribution in [0.2, 0.25) is 0 Å². The van der Waals surface area contributed by atoms with Crippen molar-refractivity contribution in [2.45, 2.75) is 5.92 Å².